The summed E-state index contributed by atoms with van der Waals surface area (Å²) in [5.41, 5.74) is 7.18. The molecule has 332 valence electrons. The molecule has 0 saturated heterocycles. The Kier molecular flexibility index (Phi) is 13.6. The monoisotopic (exact) mass is 911 g/mol. The van der Waals surface area contributed by atoms with Gasteiger partial charge in [-0.15, -0.1) is 0 Å². The number of carboxylic acids is 1. The van der Waals surface area contributed by atoms with Crippen LogP contribution in [0.2, 0.25) is 10.0 Å². The fraction of sp³-hybridized carbons (Fsp3) is 0.261. The van der Waals surface area contributed by atoms with Crippen LogP contribution in [0.25, 0.3) is 21.8 Å². The zero-order chi connectivity index (χ0) is 45.8. The van der Waals surface area contributed by atoms with E-state index in [9.17, 15) is 23.5 Å². The molecule has 14 nitrogen and oxygen atoms in total. The average Bonchev–Trinajstić information content (AvgIpc) is 4.00. The molecule has 2 heterocycles. The number of aromatic nitrogens is 4. The number of benzene rings is 4. The number of aliphatic carboxylic acids is 1. The Morgan fingerprint density at radius 2 is 1.11 bits per heavy atom. The molecule has 0 radical (unpaired) electrons. The first kappa shape index (κ1) is 45.6. The van der Waals surface area contributed by atoms with Crippen LogP contribution in [0.1, 0.15) is 36.8 Å². The predicted octanol–water partition coefficient (Wildman–Crippen LogP) is 8.96. The van der Waals surface area contributed by atoms with E-state index < -0.39 is 28.7 Å². The molecule has 2 aliphatic rings. The van der Waals surface area contributed by atoms with E-state index in [1.807, 2.05) is 53.3 Å². The molecular formula is C46H45Cl2F2N9O5. The van der Waals surface area contributed by atoms with Crippen molar-refractivity contribution in [3.05, 3.63) is 130 Å². The van der Waals surface area contributed by atoms with Gasteiger partial charge >= 0.3 is 5.97 Å². The summed E-state index contributed by atoms with van der Waals surface area (Å²) < 4.78 is 40.0. The van der Waals surface area contributed by atoms with Gasteiger partial charge in [0.25, 0.3) is 0 Å². The molecule has 2 aromatic heterocycles. The number of halogens is 4. The van der Waals surface area contributed by atoms with Gasteiger partial charge in [-0.3, -0.25) is 19.4 Å². The zero-order valence-electron chi connectivity index (χ0n) is 35.3. The Labute approximate surface area is 377 Å². The second-order valence-corrected chi connectivity index (χ2v) is 16.3. The second kappa shape index (κ2) is 19.1. The van der Waals surface area contributed by atoms with Gasteiger partial charge in [-0.05, 0) is 76.2 Å². The fourth-order valence-electron chi connectivity index (χ4n) is 7.98. The number of likely N-dealkylation sites (N-methyl/N-ethyl adjacent to an activating group) is 2. The van der Waals surface area contributed by atoms with Crippen molar-refractivity contribution in [2.75, 3.05) is 38.9 Å². The van der Waals surface area contributed by atoms with Crippen LogP contribution in [-0.2, 0) is 22.7 Å². The van der Waals surface area contributed by atoms with Crippen LogP contribution in [0.15, 0.2) is 97.6 Å². The molecule has 64 heavy (non-hydrogen) atoms. The van der Waals surface area contributed by atoms with E-state index in [-0.39, 0.29) is 27.3 Å². The maximum absolute atomic E-state index is 14.4. The standard InChI is InChI=1S/C23H23ClFN5O2.C23H22ClFN4O3/c1-30(23(22(26)31)8-3-4-9-23)12-14-10-15-18(11-19(14)32-2)27-13-28-21(15)29-17-7-5-6-16(24)20(17)25;1-29(23(22(30)31)8-3-4-9-23)12-14-10-15-18(11-19(14)32-2)26-13-27-21(15)28-17-7-5-6-16(24)20(17)25/h3-7,10-11,13H,8-9,12H2,1-2H3,(H2,26,31)(H,27,28,29);3-7,10-11,13H,8-9,12H2,1-2H3,(H,30,31)(H,26,27,28). The van der Waals surface area contributed by atoms with Gasteiger partial charge in [0.15, 0.2) is 11.6 Å². The van der Waals surface area contributed by atoms with Crippen molar-refractivity contribution in [3.8, 4) is 11.5 Å². The van der Waals surface area contributed by atoms with E-state index in [1.54, 1.807) is 57.7 Å². The molecule has 0 atom stereocenters. The van der Waals surface area contributed by atoms with Crippen LogP contribution >= 0.6 is 23.2 Å². The van der Waals surface area contributed by atoms with Crippen LogP contribution in [0.4, 0.5) is 31.8 Å². The third kappa shape index (κ3) is 8.99. The second-order valence-electron chi connectivity index (χ2n) is 15.5. The van der Waals surface area contributed by atoms with Crippen LogP contribution in [0.3, 0.4) is 0 Å². The van der Waals surface area contributed by atoms with E-state index in [4.69, 9.17) is 38.4 Å². The van der Waals surface area contributed by atoms with Gasteiger partial charge in [0, 0.05) is 47.1 Å². The zero-order valence-corrected chi connectivity index (χ0v) is 36.8. The number of ether oxygens (including phenoxy) is 2. The van der Waals surface area contributed by atoms with Gasteiger partial charge in [-0.25, -0.2) is 28.7 Å². The Morgan fingerprint density at radius 3 is 1.50 bits per heavy atom. The highest BCUT2D eigenvalue weighted by Gasteiger charge is 2.43. The SMILES string of the molecule is COc1cc2ncnc(Nc3cccc(Cl)c3F)c2cc1CN(C)C1(C(=O)O)CC=CC1.COc1cc2ncnc(Nc3cccc(Cl)c3F)c2cc1CN(C)C1(C(N)=O)CC=CC1. The van der Waals surface area contributed by atoms with Crippen molar-refractivity contribution in [1.29, 1.82) is 0 Å². The number of amides is 1. The number of carbonyl (C=O) groups is 2. The number of hydrogen-bond acceptors (Lipinski definition) is 12. The van der Waals surface area contributed by atoms with Crippen molar-refractivity contribution in [3.63, 3.8) is 0 Å². The Balaban J connectivity index is 0.000000191. The smallest absolute Gasteiger partial charge is 0.324 e. The number of anilines is 4. The minimum absolute atomic E-state index is 0.00138. The van der Waals surface area contributed by atoms with Gasteiger partial charge in [-0.1, -0.05) is 59.6 Å². The molecule has 0 bridgehead atoms. The van der Waals surface area contributed by atoms with Gasteiger partial charge in [-0.2, -0.15) is 0 Å². The first-order valence-electron chi connectivity index (χ1n) is 20.0. The average molecular weight is 913 g/mol. The number of nitrogens with two attached hydrogens (primary N) is 1. The van der Waals surface area contributed by atoms with Gasteiger partial charge in [0.2, 0.25) is 5.91 Å². The molecule has 0 unspecified atom stereocenters. The third-order valence-corrected chi connectivity index (χ3v) is 12.4. The molecule has 0 fully saturated rings. The molecule has 0 spiro atoms. The van der Waals surface area contributed by atoms with Crippen LogP contribution < -0.4 is 25.8 Å². The number of primary amides is 1. The lowest BCUT2D eigenvalue weighted by Gasteiger charge is -2.36. The number of rotatable bonds is 14. The molecule has 4 aromatic carbocycles. The number of methoxy groups -OCH3 is 2. The number of carbonyl (C=O) groups excluding carboxylic acids is 1. The quantitative estimate of drug-likeness (QED) is 0.0762. The Hall–Kier alpha value is -6.46. The topological polar surface area (TPSA) is 181 Å². The summed E-state index contributed by atoms with van der Waals surface area (Å²) in [6, 6.07) is 16.7. The summed E-state index contributed by atoms with van der Waals surface area (Å²) in [5, 5.41) is 17.2. The van der Waals surface area contributed by atoms with Crippen LogP contribution in [0, 0.1) is 11.6 Å². The minimum atomic E-state index is -1.00. The van der Waals surface area contributed by atoms with Crippen molar-refractivity contribution in [1.82, 2.24) is 29.7 Å². The fourth-order valence-corrected chi connectivity index (χ4v) is 8.33. The van der Waals surface area contributed by atoms with Crippen molar-refractivity contribution in [2.45, 2.75) is 49.9 Å². The van der Waals surface area contributed by atoms with E-state index in [0.717, 1.165) is 11.1 Å². The lowest BCUT2D eigenvalue weighted by Crippen LogP contribution is -2.54. The molecule has 5 N–H and O–H groups in total. The normalized spacial score (nSPS) is 14.8. The van der Waals surface area contributed by atoms with Gasteiger partial charge in [0.1, 0.15) is 46.9 Å². The summed E-state index contributed by atoms with van der Waals surface area (Å²) in [5.74, 6) is -0.354. The van der Waals surface area contributed by atoms with E-state index in [1.165, 1.54) is 24.8 Å². The number of carboxylic acid groups (broad SMARTS) is 1. The van der Waals surface area contributed by atoms with E-state index >= 15 is 0 Å². The maximum Gasteiger partial charge on any atom is 0.324 e. The number of hydrogen-bond donors (Lipinski definition) is 4. The summed E-state index contributed by atoms with van der Waals surface area (Å²) in [6.45, 7) is 0.733. The largest absolute Gasteiger partial charge is 0.496 e. The Morgan fingerprint density at radius 1 is 0.703 bits per heavy atom. The molecular weight excluding hydrogens is 867 g/mol. The highest BCUT2D eigenvalue weighted by atomic mass is 35.5. The maximum atomic E-state index is 14.4. The summed E-state index contributed by atoms with van der Waals surface area (Å²) in [6.07, 6.45) is 12.4. The molecule has 8 rings (SSSR count). The summed E-state index contributed by atoms with van der Waals surface area (Å²) in [4.78, 5) is 45.3. The van der Waals surface area contributed by atoms with Crippen LogP contribution in [0.5, 0.6) is 11.5 Å². The van der Waals surface area contributed by atoms with E-state index in [2.05, 4.69) is 30.6 Å². The molecule has 6 aromatic rings. The Bertz CT molecular complexity index is 2610. The van der Waals surface area contributed by atoms with Crippen molar-refractivity contribution >= 4 is 79.9 Å². The third-order valence-electron chi connectivity index (χ3n) is 11.8. The highest BCUT2D eigenvalue weighted by molar-refractivity contribution is 6.31. The summed E-state index contributed by atoms with van der Waals surface area (Å²) in [7, 11) is 6.78. The number of nitrogens with one attached hydrogen (secondary N) is 2. The molecule has 0 aliphatic heterocycles. The lowest BCUT2D eigenvalue weighted by atomic mass is 9.93. The molecule has 2 aliphatic carbocycles. The molecule has 1 amide bonds. The van der Waals surface area contributed by atoms with E-state index in [0.29, 0.717) is 83.7 Å². The molecule has 18 heteroatoms. The first-order valence-corrected chi connectivity index (χ1v) is 20.8. The van der Waals surface area contributed by atoms with Crippen molar-refractivity contribution in [2.24, 2.45) is 5.73 Å². The number of fused-ring (bicyclic) bond motifs is 2. The highest BCUT2D eigenvalue weighted by Crippen LogP contribution is 2.38. The molecule has 0 saturated carbocycles. The predicted molar refractivity (Wildman–Crippen MR) is 244 cm³/mol. The summed E-state index contributed by atoms with van der Waals surface area (Å²) >= 11 is 11.8. The number of nitrogens with zero attached hydrogens (tertiary/aromatic N) is 6. The van der Waals surface area contributed by atoms with Crippen molar-refractivity contribution < 1.29 is 33.0 Å². The van der Waals surface area contributed by atoms with Gasteiger partial charge < -0.3 is 30.9 Å². The first-order chi connectivity index (χ1) is 30.7. The van der Waals surface area contributed by atoms with Gasteiger partial charge in [0.05, 0.1) is 46.7 Å². The lowest BCUT2D eigenvalue weighted by molar-refractivity contribution is -0.150. The minimum Gasteiger partial charge on any atom is -0.496 e. The van der Waals surface area contributed by atoms with Crippen LogP contribution in [-0.4, -0.2) is 86.1 Å².